The van der Waals surface area contributed by atoms with Crippen molar-refractivity contribution < 1.29 is 4.74 Å². The molecule has 1 fully saturated rings. The Kier molecular flexibility index (Phi) is 5.01. The van der Waals surface area contributed by atoms with E-state index >= 15 is 0 Å². The van der Waals surface area contributed by atoms with Gasteiger partial charge in [0.2, 0.25) is 0 Å². The van der Waals surface area contributed by atoms with Crippen molar-refractivity contribution in [2.75, 3.05) is 0 Å². The van der Waals surface area contributed by atoms with Crippen LogP contribution in [-0.4, -0.2) is 9.78 Å². The van der Waals surface area contributed by atoms with E-state index in [0.717, 1.165) is 26.8 Å². The van der Waals surface area contributed by atoms with Crippen LogP contribution in [0, 0.1) is 0 Å². The van der Waals surface area contributed by atoms with Gasteiger partial charge in [0, 0.05) is 21.6 Å². The van der Waals surface area contributed by atoms with Crippen molar-refractivity contribution in [1.82, 2.24) is 9.78 Å². The summed E-state index contributed by atoms with van der Waals surface area (Å²) >= 11 is 6.98. The number of halogens is 2. The number of rotatable bonds is 5. The maximum atomic E-state index is 5.92. The highest BCUT2D eigenvalue weighted by molar-refractivity contribution is 9.10. The minimum absolute atomic E-state index is 0.515. The molecular formula is C16H18Br2N2O. The Balaban J connectivity index is 1.65. The van der Waals surface area contributed by atoms with Crippen LogP contribution in [0.5, 0.6) is 5.75 Å². The molecule has 1 heterocycles. The van der Waals surface area contributed by atoms with Gasteiger partial charge in [-0.1, -0.05) is 44.7 Å². The van der Waals surface area contributed by atoms with Gasteiger partial charge in [0.1, 0.15) is 12.4 Å². The van der Waals surface area contributed by atoms with E-state index in [9.17, 15) is 0 Å². The Bertz CT molecular complexity index is 606. The van der Waals surface area contributed by atoms with E-state index < -0.39 is 0 Å². The van der Waals surface area contributed by atoms with Gasteiger partial charge in [-0.05, 0) is 37.1 Å². The fraction of sp³-hybridized carbons (Fsp3) is 0.438. The Morgan fingerprint density at radius 1 is 1.24 bits per heavy atom. The molecule has 0 atom stereocenters. The highest BCUT2D eigenvalue weighted by Gasteiger charge is 2.17. The fourth-order valence-electron chi connectivity index (χ4n) is 2.77. The Labute approximate surface area is 141 Å². The second kappa shape index (κ2) is 6.97. The molecule has 0 N–H and O–H groups in total. The van der Waals surface area contributed by atoms with Crippen molar-refractivity contribution in [1.29, 1.82) is 0 Å². The van der Waals surface area contributed by atoms with Crippen molar-refractivity contribution in [3.05, 3.63) is 46.2 Å². The maximum Gasteiger partial charge on any atom is 0.132 e. The van der Waals surface area contributed by atoms with Crippen LogP contribution >= 0.6 is 31.9 Å². The molecule has 0 unspecified atom stereocenters. The number of benzene rings is 1. The van der Waals surface area contributed by atoms with Crippen LogP contribution in [0.1, 0.15) is 43.0 Å². The van der Waals surface area contributed by atoms with Crippen molar-refractivity contribution in [3.63, 3.8) is 0 Å². The average molecular weight is 414 g/mol. The fourth-order valence-corrected chi connectivity index (χ4v) is 3.62. The number of hydrogen-bond donors (Lipinski definition) is 0. The van der Waals surface area contributed by atoms with Crippen LogP contribution in [0.2, 0.25) is 0 Å². The predicted octanol–water partition coefficient (Wildman–Crippen LogP) is 5.23. The van der Waals surface area contributed by atoms with Crippen LogP contribution in [0.15, 0.2) is 34.9 Å². The van der Waals surface area contributed by atoms with Gasteiger partial charge in [0.25, 0.3) is 0 Å². The first-order valence-electron chi connectivity index (χ1n) is 7.27. The van der Waals surface area contributed by atoms with Gasteiger partial charge in [-0.25, -0.2) is 0 Å². The van der Waals surface area contributed by atoms with Gasteiger partial charge in [-0.2, -0.15) is 5.10 Å². The first-order chi connectivity index (χ1) is 10.3. The summed E-state index contributed by atoms with van der Waals surface area (Å²) in [5.74, 6) is 0.908. The van der Waals surface area contributed by atoms with E-state index in [1.165, 1.54) is 25.7 Å². The number of alkyl halides is 1. The first-order valence-corrected chi connectivity index (χ1v) is 9.19. The molecule has 1 aliphatic carbocycles. The zero-order valence-electron chi connectivity index (χ0n) is 11.8. The lowest BCUT2D eigenvalue weighted by molar-refractivity contribution is 0.295. The lowest BCUT2D eigenvalue weighted by Crippen LogP contribution is -2.06. The van der Waals surface area contributed by atoms with E-state index in [1.54, 1.807) is 0 Å². The van der Waals surface area contributed by atoms with Crippen LogP contribution in [0.25, 0.3) is 0 Å². The smallest absolute Gasteiger partial charge is 0.132 e. The van der Waals surface area contributed by atoms with Crippen molar-refractivity contribution in [2.45, 2.75) is 43.7 Å². The second-order valence-corrected chi connectivity index (χ2v) is 6.88. The molecule has 1 aromatic carbocycles. The maximum absolute atomic E-state index is 5.92. The summed E-state index contributed by atoms with van der Waals surface area (Å²) in [7, 11) is 0. The lowest BCUT2D eigenvalue weighted by Gasteiger charge is -2.10. The molecule has 0 aliphatic heterocycles. The number of hydrogen-bond acceptors (Lipinski definition) is 2. The minimum atomic E-state index is 0.515. The Morgan fingerprint density at radius 2 is 2.05 bits per heavy atom. The standard InChI is InChI=1S/C16H18Br2N2O/c17-10-12-9-13(18)5-6-16(12)21-11-14-7-8-20(19-14)15-3-1-2-4-15/h5-9,15H,1-4,10-11H2. The summed E-state index contributed by atoms with van der Waals surface area (Å²) in [5, 5.41) is 5.43. The lowest BCUT2D eigenvalue weighted by atomic mass is 10.2. The predicted molar refractivity (Wildman–Crippen MR) is 90.8 cm³/mol. The molecule has 112 valence electrons. The molecule has 0 radical (unpaired) electrons. The Morgan fingerprint density at radius 3 is 2.81 bits per heavy atom. The first kappa shape index (κ1) is 15.1. The van der Waals surface area contributed by atoms with Gasteiger partial charge in [-0.15, -0.1) is 0 Å². The monoisotopic (exact) mass is 412 g/mol. The Hall–Kier alpha value is -0.810. The zero-order valence-corrected chi connectivity index (χ0v) is 14.9. The third-order valence-electron chi connectivity index (χ3n) is 3.90. The molecule has 1 aliphatic rings. The molecular weight excluding hydrogens is 396 g/mol. The average Bonchev–Trinajstić information content (AvgIpc) is 3.16. The number of aromatic nitrogens is 2. The van der Waals surface area contributed by atoms with Crippen molar-refractivity contribution >= 4 is 31.9 Å². The van der Waals surface area contributed by atoms with E-state index in [1.807, 2.05) is 12.1 Å². The molecule has 0 amide bonds. The normalized spacial score (nSPS) is 15.5. The summed E-state index contributed by atoms with van der Waals surface area (Å²) in [6.45, 7) is 0.515. The molecule has 1 saturated carbocycles. The quantitative estimate of drug-likeness (QED) is 0.627. The second-order valence-electron chi connectivity index (χ2n) is 5.40. The zero-order chi connectivity index (χ0) is 14.7. The highest BCUT2D eigenvalue weighted by atomic mass is 79.9. The summed E-state index contributed by atoms with van der Waals surface area (Å²) < 4.78 is 9.09. The summed E-state index contributed by atoms with van der Waals surface area (Å²) in [4.78, 5) is 0. The molecule has 5 heteroatoms. The van der Waals surface area contributed by atoms with Crippen molar-refractivity contribution in [2.24, 2.45) is 0 Å². The van der Waals surface area contributed by atoms with Crippen LogP contribution in [0.4, 0.5) is 0 Å². The van der Waals surface area contributed by atoms with E-state index in [0.29, 0.717) is 12.6 Å². The SMILES string of the molecule is BrCc1cc(Br)ccc1OCc1ccn(C2CCCC2)n1. The number of ether oxygens (including phenoxy) is 1. The van der Waals surface area contributed by atoms with E-state index in [-0.39, 0.29) is 0 Å². The van der Waals surface area contributed by atoms with Gasteiger partial charge in [0.05, 0.1) is 11.7 Å². The van der Waals surface area contributed by atoms with Crippen molar-refractivity contribution in [3.8, 4) is 5.75 Å². The third kappa shape index (κ3) is 3.69. The summed E-state index contributed by atoms with van der Waals surface area (Å²) in [6.07, 6.45) is 7.24. The van der Waals surface area contributed by atoms with Gasteiger partial charge in [-0.3, -0.25) is 4.68 Å². The minimum Gasteiger partial charge on any atom is -0.487 e. The van der Waals surface area contributed by atoms with E-state index in [4.69, 9.17) is 4.74 Å². The molecule has 0 saturated heterocycles. The molecule has 21 heavy (non-hydrogen) atoms. The number of nitrogens with zero attached hydrogens (tertiary/aromatic N) is 2. The highest BCUT2D eigenvalue weighted by Crippen LogP contribution is 2.29. The largest absolute Gasteiger partial charge is 0.487 e. The van der Waals surface area contributed by atoms with Gasteiger partial charge < -0.3 is 4.74 Å². The molecule has 3 nitrogen and oxygen atoms in total. The van der Waals surface area contributed by atoms with Crippen LogP contribution in [0.3, 0.4) is 0 Å². The van der Waals surface area contributed by atoms with Gasteiger partial charge in [0.15, 0.2) is 0 Å². The molecule has 0 bridgehead atoms. The topological polar surface area (TPSA) is 27.1 Å². The molecule has 0 spiro atoms. The summed E-state index contributed by atoms with van der Waals surface area (Å²) in [5.41, 5.74) is 2.13. The molecule has 2 aromatic rings. The third-order valence-corrected chi connectivity index (χ3v) is 5.00. The van der Waals surface area contributed by atoms with E-state index in [2.05, 4.69) is 60.0 Å². The molecule has 3 rings (SSSR count). The van der Waals surface area contributed by atoms with Crippen LogP contribution < -0.4 is 4.74 Å². The summed E-state index contributed by atoms with van der Waals surface area (Å²) in [6, 6.07) is 8.71. The molecule has 1 aromatic heterocycles. The van der Waals surface area contributed by atoms with Gasteiger partial charge >= 0.3 is 0 Å². The van der Waals surface area contributed by atoms with Crippen LogP contribution in [-0.2, 0) is 11.9 Å².